The number of aryl methyl sites for hydroxylation is 2. The summed E-state index contributed by atoms with van der Waals surface area (Å²) in [5.74, 6) is 1.99. The number of benzene rings is 2. The lowest BCUT2D eigenvalue weighted by Crippen LogP contribution is -2.11. The van der Waals surface area contributed by atoms with Gasteiger partial charge in [-0.05, 0) is 54.4 Å². The molecule has 2 rings (SSSR count). The third kappa shape index (κ3) is 4.65. The Morgan fingerprint density at radius 3 is 2.42 bits per heavy atom. The molecule has 126 valence electrons. The lowest BCUT2D eigenvalue weighted by atomic mass is 10.1. The van der Waals surface area contributed by atoms with Crippen LogP contribution in [0, 0.1) is 25.2 Å². The lowest BCUT2D eigenvalue weighted by molar-refractivity contribution is 0.206. The highest BCUT2D eigenvalue weighted by Gasteiger charge is 2.12. The molecule has 0 saturated heterocycles. The van der Waals surface area contributed by atoms with Gasteiger partial charge in [0.15, 0.2) is 11.5 Å². The Morgan fingerprint density at radius 1 is 1.00 bits per heavy atom. The summed E-state index contributed by atoms with van der Waals surface area (Å²) in [6.07, 6.45) is 0. The van der Waals surface area contributed by atoms with Crippen LogP contribution in [-0.4, -0.2) is 19.8 Å². The van der Waals surface area contributed by atoms with Gasteiger partial charge >= 0.3 is 0 Å². The molecule has 0 atom stereocenters. The van der Waals surface area contributed by atoms with Gasteiger partial charge in [-0.1, -0.05) is 17.7 Å². The van der Waals surface area contributed by atoms with Crippen molar-refractivity contribution >= 4 is 15.9 Å². The Hall–Kier alpha value is -2.19. The first-order valence-electron chi connectivity index (χ1n) is 7.74. The third-order valence-corrected chi connectivity index (χ3v) is 3.95. The largest absolute Gasteiger partial charge is 0.490 e. The molecule has 0 aliphatic rings. The lowest BCUT2D eigenvalue weighted by Gasteiger charge is -2.15. The van der Waals surface area contributed by atoms with Crippen molar-refractivity contribution < 1.29 is 14.2 Å². The van der Waals surface area contributed by atoms with Crippen molar-refractivity contribution in [2.45, 2.75) is 20.8 Å². The van der Waals surface area contributed by atoms with Crippen molar-refractivity contribution in [2.24, 2.45) is 0 Å². The summed E-state index contributed by atoms with van der Waals surface area (Å²) >= 11 is 3.43. The molecule has 0 amide bonds. The molecule has 0 N–H and O–H groups in total. The second-order valence-electron chi connectivity index (χ2n) is 5.30. The van der Waals surface area contributed by atoms with Crippen LogP contribution in [0.5, 0.6) is 17.2 Å². The molecule has 0 aliphatic heterocycles. The molecular weight excluding hydrogens is 370 g/mol. The third-order valence-electron chi connectivity index (χ3n) is 3.36. The SMILES string of the molecule is CCOc1cc(C#N)cc(Br)c1OCCOc1ccc(C)cc1C. The molecule has 0 radical (unpaired) electrons. The number of hydrogen-bond donors (Lipinski definition) is 0. The van der Waals surface area contributed by atoms with E-state index in [-0.39, 0.29) is 0 Å². The summed E-state index contributed by atoms with van der Waals surface area (Å²) < 4.78 is 17.8. The Morgan fingerprint density at radius 2 is 1.75 bits per heavy atom. The molecule has 0 fully saturated rings. The van der Waals surface area contributed by atoms with E-state index in [4.69, 9.17) is 19.5 Å². The van der Waals surface area contributed by atoms with E-state index in [0.29, 0.717) is 41.4 Å². The summed E-state index contributed by atoms with van der Waals surface area (Å²) in [5.41, 5.74) is 2.83. The highest BCUT2D eigenvalue weighted by molar-refractivity contribution is 9.10. The Bertz CT molecular complexity index is 753. The first-order chi connectivity index (χ1) is 11.5. The van der Waals surface area contributed by atoms with Crippen LogP contribution in [0.25, 0.3) is 0 Å². The number of halogens is 1. The second-order valence-corrected chi connectivity index (χ2v) is 6.15. The molecule has 0 aliphatic carbocycles. The molecule has 0 heterocycles. The van der Waals surface area contributed by atoms with Crippen LogP contribution in [0.1, 0.15) is 23.6 Å². The highest BCUT2D eigenvalue weighted by Crippen LogP contribution is 2.36. The fourth-order valence-electron chi connectivity index (χ4n) is 2.29. The highest BCUT2D eigenvalue weighted by atomic mass is 79.9. The van der Waals surface area contributed by atoms with Crippen LogP contribution < -0.4 is 14.2 Å². The minimum absolute atomic E-state index is 0.373. The van der Waals surface area contributed by atoms with E-state index in [1.807, 2.05) is 26.0 Å². The Balaban J connectivity index is 2.00. The topological polar surface area (TPSA) is 51.5 Å². The van der Waals surface area contributed by atoms with Crippen LogP contribution >= 0.6 is 15.9 Å². The van der Waals surface area contributed by atoms with Gasteiger partial charge in [0.1, 0.15) is 19.0 Å². The zero-order valence-electron chi connectivity index (χ0n) is 14.1. The van der Waals surface area contributed by atoms with Crippen molar-refractivity contribution in [1.82, 2.24) is 0 Å². The van der Waals surface area contributed by atoms with E-state index in [9.17, 15) is 0 Å². The van der Waals surface area contributed by atoms with Crippen LogP contribution in [-0.2, 0) is 0 Å². The summed E-state index contributed by atoms with van der Waals surface area (Å²) in [6.45, 7) is 7.25. The first-order valence-corrected chi connectivity index (χ1v) is 8.53. The zero-order valence-corrected chi connectivity index (χ0v) is 15.6. The van der Waals surface area contributed by atoms with Crippen molar-refractivity contribution in [2.75, 3.05) is 19.8 Å². The molecule has 0 unspecified atom stereocenters. The molecule has 0 spiro atoms. The fraction of sp³-hybridized carbons (Fsp3) is 0.316. The zero-order chi connectivity index (χ0) is 17.5. The predicted molar refractivity (Wildman–Crippen MR) is 96.9 cm³/mol. The second kappa shape index (κ2) is 8.60. The maximum atomic E-state index is 9.04. The summed E-state index contributed by atoms with van der Waals surface area (Å²) in [5, 5.41) is 9.04. The maximum Gasteiger partial charge on any atom is 0.175 e. The van der Waals surface area contributed by atoms with Gasteiger partial charge in [-0.3, -0.25) is 0 Å². The van der Waals surface area contributed by atoms with Crippen molar-refractivity contribution in [3.8, 4) is 23.3 Å². The van der Waals surface area contributed by atoms with Crippen LogP contribution in [0.3, 0.4) is 0 Å². The van der Waals surface area contributed by atoms with Gasteiger partial charge < -0.3 is 14.2 Å². The molecular formula is C19H20BrNO3. The molecule has 0 bridgehead atoms. The molecule has 24 heavy (non-hydrogen) atoms. The van der Waals surface area contributed by atoms with Crippen molar-refractivity contribution in [3.63, 3.8) is 0 Å². The first kappa shape index (κ1) is 18.2. The fourth-order valence-corrected chi connectivity index (χ4v) is 2.85. The van der Waals surface area contributed by atoms with Gasteiger partial charge in [-0.2, -0.15) is 5.26 Å². The molecule has 4 nitrogen and oxygen atoms in total. The normalized spacial score (nSPS) is 10.1. The van der Waals surface area contributed by atoms with E-state index in [1.54, 1.807) is 12.1 Å². The minimum Gasteiger partial charge on any atom is -0.490 e. The van der Waals surface area contributed by atoms with Crippen LogP contribution in [0.2, 0.25) is 0 Å². The number of ether oxygens (including phenoxy) is 3. The summed E-state index contributed by atoms with van der Waals surface area (Å²) in [7, 11) is 0. The summed E-state index contributed by atoms with van der Waals surface area (Å²) in [6, 6.07) is 11.6. The smallest absolute Gasteiger partial charge is 0.175 e. The Kier molecular flexibility index (Phi) is 6.51. The van der Waals surface area contributed by atoms with Crippen molar-refractivity contribution in [1.29, 1.82) is 5.26 Å². The van der Waals surface area contributed by atoms with Gasteiger partial charge in [0.25, 0.3) is 0 Å². The number of nitriles is 1. The van der Waals surface area contributed by atoms with Crippen molar-refractivity contribution in [3.05, 3.63) is 51.5 Å². The molecule has 0 aromatic heterocycles. The van der Waals surface area contributed by atoms with Gasteiger partial charge in [-0.25, -0.2) is 0 Å². The van der Waals surface area contributed by atoms with Gasteiger partial charge in [-0.15, -0.1) is 0 Å². The standard InChI is InChI=1S/C19H20BrNO3/c1-4-22-18-11-15(12-21)10-16(20)19(18)24-8-7-23-17-6-5-13(2)9-14(17)3/h5-6,9-11H,4,7-8H2,1-3H3. The van der Waals surface area contributed by atoms with Crippen LogP contribution in [0.4, 0.5) is 0 Å². The average Bonchev–Trinajstić information content (AvgIpc) is 2.55. The molecule has 2 aromatic rings. The summed E-state index contributed by atoms with van der Waals surface area (Å²) in [4.78, 5) is 0. The number of rotatable bonds is 7. The predicted octanol–water partition coefficient (Wildman–Crippen LogP) is 4.79. The number of nitrogens with zero attached hydrogens (tertiary/aromatic N) is 1. The monoisotopic (exact) mass is 389 g/mol. The van der Waals surface area contributed by atoms with E-state index >= 15 is 0 Å². The quantitative estimate of drug-likeness (QED) is 0.638. The van der Waals surface area contributed by atoms with E-state index in [1.165, 1.54) is 5.56 Å². The average molecular weight is 390 g/mol. The molecule has 0 saturated carbocycles. The van der Waals surface area contributed by atoms with Crippen LogP contribution in [0.15, 0.2) is 34.8 Å². The van der Waals surface area contributed by atoms with Gasteiger partial charge in [0, 0.05) is 6.07 Å². The van der Waals surface area contributed by atoms with E-state index in [2.05, 4.69) is 35.0 Å². The van der Waals surface area contributed by atoms with Gasteiger partial charge in [0.05, 0.1) is 22.7 Å². The minimum atomic E-state index is 0.373. The maximum absolute atomic E-state index is 9.04. The van der Waals surface area contributed by atoms with E-state index in [0.717, 1.165) is 11.3 Å². The van der Waals surface area contributed by atoms with E-state index < -0.39 is 0 Å². The van der Waals surface area contributed by atoms with Gasteiger partial charge in [0.2, 0.25) is 0 Å². The molecule has 2 aromatic carbocycles. The number of hydrogen-bond acceptors (Lipinski definition) is 4. The Labute approximate surface area is 151 Å². The molecule has 5 heteroatoms.